The molecule has 0 spiro atoms. The molecule has 0 aromatic carbocycles. The number of aromatic nitrogens is 2. The molecule has 3 unspecified atom stereocenters. The van der Waals surface area contributed by atoms with Crippen molar-refractivity contribution >= 4 is 21.6 Å². The summed E-state index contributed by atoms with van der Waals surface area (Å²) < 4.78 is 34.2. The van der Waals surface area contributed by atoms with Crippen LogP contribution in [0.1, 0.15) is 19.3 Å². The lowest BCUT2D eigenvalue weighted by Crippen LogP contribution is -2.53. The molecule has 0 bridgehead atoms. The smallest absolute Gasteiger partial charge is 0.264 e. The van der Waals surface area contributed by atoms with Gasteiger partial charge in [-0.25, -0.2) is 13.4 Å². The molecular weight excluding hydrogens is 330 g/mol. The van der Waals surface area contributed by atoms with Crippen molar-refractivity contribution in [3.8, 4) is 0 Å². The topological polar surface area (TPSA) is 84.7 Å². The number of ether oxygens (including phenoxy) is 1. The van der Waals surface area contributed by atoms with Crippen LogP contribution >= 0.6 is 11.6 Å². The van der Waals surface area contributed by atoms with Gasteiger partial charge in [0.15, 0.2) is 0 Å². The Balaban J connectivity index is 1.94. The zero-order valence-electron chi connectivity index (χ0n) is 12.4. The molecular formula is C13H20ClN3O4S. The fraction of sp³-hybridized carbons (Fsp3) is 0.769. The van der Waals surface area contributed by atoms with Gasteiger partial charge in [0.2, 0.25) is 5.03 Å². The highest BCUT2D eigenvalue weighted by atomic mass is 35.5. The summed E-state index contributed by atoms with van der Waals surface area (Å²) in [5.74, 6) is -0.0995. The molecule has 22 heavy (non-hydrogen) atoms. The number of hydrogen-bond acceptors (Lipinski definition) is 5. The number of morpholine rings is 1. The average Bonchev–Trinajstić information content (AvgIpc) is 3.06. The minimum Gasteiger partial charge on any atom is -0.393 e. The number of halogens is 1. The van der Waals surface area contributed by atoms with Crippen LogP contribution < -0.4 is 0 Å². The molecule has 2 heterocycles. The number of rotatable bonds is 3. The summed E-state index contributed by atoms with van der Waals surface area (Å²) in [5, 5.41) is 10.1. The molecule has 1 aliphatic heterocycles. The molecule has 3 atom stereocenters. The quantitative estimate of drug-likeness (QED) is 0.865. The first-order valence-electron chi connectivity index (χ1n) is 7.37. The fourth-order valence-corrected chi connectivity index (χ4v) is 5.37. The number of aliphatic hydroxyl groups excluding tert-OH is 1. The predicted octanol–water partition coefficient (Wildman–Crippen LogP) is 0.624. The van der Waals surface area contributed by atoms with Crippen LogP contribution in [0.25, 0.3) is 0 Å². The lowest BCUT2D eigenvalue weighted by atomic mass is 9.96. The molecule has 2 fully saturated rings. The zero-order chi connectivity index (χ0) is 15.9. The molecule has 1 aromatic rings. The summed E-state index contributed by atoms with van der Waals surface area (Å²) in [4.78, 5) is 3.94. The first-order chi connectivity index (χ1) is 10.4. The van der Waals surface area contributed by atoms with Gasteiger partial charge in [-0.2, -0.15) is 4.31 Å². The number of nitrogens with zero attached hydrogens (tertiary/aromatic N) is 3. The third-order valence-electron chi connectivity index (χ3n) is 4.53. The number of sulfonamides is 1. The second-order valence-electron chi connectivity index (χ2n) is 5.87. The van der Waals surface area contributed by atoms with E-state index in [4.69, 9.17) is 16.3 Å². The highest BCUT2D eigenvalue weighted by molar-refractivity contribution is 7.89. The molecule has 1 saturated carbocycles. The molecule has 7 nitrogen and oxygen atoms in total. The SMILES string of the molecule is Cn1cnc(S(=O)(=O)N2CCOCC2C2CCCC2O)c1Cl. The number of hydrogen-bond donors (Lipinski definition) is 1. The Bertz CT molecular complexity index is 648. The molecule has 1 saturated heterocycles. The van der Waals surface area contributed by atoms with Crippen molar-refractivity contribution in [3.63, 3.8) is 0 Å². The van der Waals surface area contributed by atoms with Crippen molar-refractivity contribution in [2.75, 3.05) is 19.8 Å². The van der Waals surface area contributed by atoms with Crippen molar-refractivity contribution < 1.29 is 18.3 Å². The normalized spacial score (nSPS) is 30.8. The van der Waals surface area contributed by atoms with E-state index >= 15 is 0 Å². The van der Waals surface area contributed by atoms with Crippen LogP contribution in [0, 0.1) is 5.92 Å². The molecule has 9 heteroatoms. The average molecular weight is 350 g/mol. The summed E-state index contributed by atoms with van der Waals surface area (Å²) in [6.45, 7) is 0.886. The van der Waals surface area contributed by atoms with E-state index in [0.29, 0.717) is 19.6 Å². The standard InChI is InChI=1S/C13H20ClN3O4S/c1-16-8-15-13(12(16)14)22(19,20)17-5-6-21-7-10(17)9-3-2-4-11(9)18/h8-11,18H,2-7H2,1H3. The van der Waals surface area contributed by atoms with E-state index in [1.807, 2.05) is 0 Å². The van der Waals surface area contributed by atoms with Gasteiger partial charge in [-0.05, 0) is 12.8 Å². The second kappa shape index (κ2) is 6.09. The van der Waals surface area contributed by atoms with Gasteiger partial charge in [-0.1, -0.05) is 18.0 Å². The van der Waals surface area contributed by atoms with E-state index in [9.17, 15) is 13.5 Å². The molecule has 2 aliphatic rings. The summed E-state index contributed by atoms with van der Waals surface area (Å²) in [6, 6.07) is -0.366. The maximum atomic E-state index is 12.9. The van der Waals surface area contributed by atoms with Gasteiger partial charge >= 0.3 is 0 Å². The molecule has 0 amide bonds. The third kappa shape index (κ3) is 2.67. The molecule has 124 valence electrons. The lowest BCUT2D eigenvalue weighted by molar-refractivity contribution is -0.0148. The van der Waals surface area contributed by atoms with E-state index in [-0.39, 0.29) is 28.7 Å². The van der Waals surface area contributed by atoms with Crippen LogP contribution in [-0.4, -0.2) is 59.3 Å². The summed E-state index contributed by atoms with van der Waals surface area (Å²) >= 11 is 6.06. The Morgan fingerprint density at radius 1 is 1.45 bits per heavy atom. The Kier molecular flexibility index (Phi) is 4.48. The van der Waals surface area contributed by atoms with Gasteiger partial charge in [-0.3, -0.25) is 0 Å². The van der Waals surface area contributed by atoms with E-state index in [1.54, 1.807) is 7.05 Å². The maximum Gasteiger partial charge on any atom is 0.264 e. The Hall–Kier alpha value is -0.670. The van der Waals surface area contributed by atoms with Crippen molar-refractivity contribution in [1.29, 1.82) is 0 Å². The Morgan fingerprint density at radius 3 is 2.82 bits per heavy atom. The molecule has 1 aliphatic carbocycles. The molecule has 1 N–H and O–H groups in total. The third-order valence-corrected chi connectivity index (χ3v) is 6.94. The maximum absolute atomic E-state index is 12.9. The number of aliphatic hydroxyl groups is 1. The molecule has 3 rings (SSSR count). The van der Waals surface area contributed by atoms with Crippen LogP contribution in [-0.2, 0) is 21.8 Å². The molecule has 1 aromatic heterocycles. The van der Waals surface area contributed by atoms with E-state index in [0.717, 1.165) is 12.8 Å². The number of aryl methyl sites for hydroxylation is 1. The lowest BCUT2D eigenvalue weighted by Gasteiger charge is -2.38. The first kappa shape index (κ1) is 16.2. The van der Waals surface area contributed by atoms with Crippen molar-refractivity contribution in [1.82, 2.24) is 13.9 Å². The van der Waals surface area contributed by atoms with E-state index < -0.39 is 16.1 Å². The highest BCUT2D eigenvalue weighted by Gasteiger charge is 2.44. The largest absolute Gasteiger partial charge is 0.393 e. The highest BCUT2D eigenvalue weighted by Crippen LogP contribution is 2.35. The van der Waals surface area contributed by atoms with Crippen LogP contribution in [0.5, 0.6) is 0 Å². The number of imidazole rings is 1. The van der Waals surface area contributed by atoms with Crippen LogP contribution in [0.2, 0.25) is 5.15 Å². The Labute approximate surface area is 134 Å². The van der Waals surface area contributed by atoms with Crippen LogP contribution in [0.15, 0.2) is 11.4 Å². The summed E-state index contributed by atoms with van der Waals surface area (Å²) in [7, 11) is -2.16. The van der Waals surface area contributed by atoms with E-state index in [2.05, 4.69) is 4.98 Å². The first-order valence-corrected chi connectivity index (χ1v) is 9.19. The predicted molar refractivity (Wildman–Crippen MR) is 80.1 cm³/mol. The van der Waals surface area contributed by atoms with Crippen LogP contribution in [0.3, 0.4) is 0 Å². The Morgan fingerprint density at radius 2 is 2.23 bits per heavy atom. The fourth-order valence-electron chi connectivity index (χ4n) is 3.34. The minimum atomic E-state index is -3.80. The van der Waals surface area contributed by atoms with Crippen LogP contribution in [0.4, 0.5) is 0 Å². The van der Waals surface area contributed by atoms with Gasteiger partial charge in [0.1, 0.15) is 5.15 Å². The van der Waals surface area contributed by atoms with Gasteiger partial charge in [0.25, 0.3) is 10.0 Å². The minimum absolute atomic E-state index is 0.0946. The zero-order valence-corrected chi connectivity index (χ0v) is 13.9. The van der Waals surface area contributed by atoms with Crippen molar-refractivity contribution in [2.45, 2.75) is 36.4 Å². The van der Waals surface area contributed by atoms with Gasteiger partial charge in [-0.15, -0.1) is 0 Å². The monoisotopic (exact) mass is 349 g/mol. The van der Waals surface area contributed by atoms with Crippen molar-refractivity contribution in [2.24, 2.45) is 13.0 Å². The molecule has 0 radical (unpaired) electrons. The summed E-state index contributed by atoms with van der Waals surface area (Å²) in [5.41, 5.74) is 0. The second-order valence-corrected chi connectivity index (χ2v) is 8.04. The van der Waals surface area contributed by atoms with Gasteiger partial charge in [0.05, 0.1) is 31.7 Å². The van der Waals surface area contributed by atoms with Crippen molar-refractivity contribution in [3.05, 3.63) is 11.5 Å². The summed E-state index contributed by atoms with van der Waals surface area (Å²) in [6.07, 6.45) is 3.32. The van der Waals surface area contributed by atoms with E-state index in [1.165, 1.54) is 15.2 Å². The van der Waals surface area contributed by atoms with Gasteiger partial charge < -0.3 is 14.4 Å². The van der Waals surface area contributed by atoms with Gasteiger partial charge in [0, 0.05) is 19.5 Å².